The fraction of sp³-hybridized carbons (Fsp3) is 0.320. The van der Waals surface area contributed by atoms with Crippen LogP contribution in [0.25, 0.3) is 22.5 Å². The summed E-state index contributed by atoms with van der Waals surface area (Å²) in [4.78, 5) is 4.44. The molecule has 4 heterocycles. The van der Waals surface area contributed by atoms with E-state index in [9.17, 15) is 4.39 Å². The van der Waals surface area contributed by atoms with Gasteiger partial charge in [-0.15, -0.1) is 0 Å². The molecule has 0 unspecified atom stereocenters. The lowest BCUT2D eigenvalue weighted by molar-refractivity contribution is 0.227. The van der Waals surface area contributed by atoms with E-state index in [-0.39, 0.29) is 11.7 Å². The first-order chi connectivity index (χ1) is 15.9. The fourth-order valence-electron chi connectivity index (χ4n) is 5.34. The van der Waals surface area contributed by atoms with Gasteiger partial charge in [0.25, 0.3) is 0 Å². The number of fused-ring (bicyclic) bond motifs is 7. The minimum absolute atomic E-state index is 0.133. The highest BCUT2D eigenvalue weighted by Crippen LogP contribution is 2.48. The fourth-order valence-corrected chi connectivity index (χ4v) is 5.34. The van der Waals surface area contributed by atoms with E-state index in [0.717, 1.165) is 58.7 Å². The van der Waals surface area contributed by atoms with Crippen LogP contribution in [0.4, 0.5) is 10.2 Å². The largest absolute Gasteiger partial charge is 0.482 e. The second kappa shape index (κ2) is 7.16. The van der Waals surface area contributed by atoms with Crippen LogP contribution in [0.2, 0.25) is 0 Å². The van der Waals surface area contributed by atoms with Crippen LogP contribution in [0.5, 0.6) is 5.75 Å². The van der Waals surface area contributed by atoms with Crippen LogP contribution in [0, 0.1) is 5.82 Å². The lowest BCUT2D eigenvalue weighted by Crippen LogP contribution is -2.11. The number of anilines is 1. The van der Waals surface area contributed by atoms with Gasteiger partial charge in [0.2, 0.25) is 0 Å². The van der Waals surface area contributed by atoms with Gasteiger partial charge in [-0.25, -0.2) is 9.37 Å². The normalized spacial score (nSPS) is 18.5. The molecule has 0 saturated carbocycles. The Balaban J connectivity index is 1.70. The molecule has 0 spiro atoms. The molecular weight excluding hydrogens is 419 g/mol. The van der Waals surface area contributed by atoms with E-state index < -0.39 is 6.10 Å². The highest BCUT2D eigenvalue weighted by atomic mass is 19.1. The van der Waals surface area contributed by atoms with Gasteiger partial charge in [0.15, 0.2) is 11.6 Å². The number of hydrogen-bond donors (Lipinski definition) is 1. The predicted molar refractivity (Wildman–Crippen MR) is 123 cm³/mol. The van der Waals surface area contributed by atoms with Gasteiger partial charge >= 0.3 is 0 Å². The summed E-state index contributed by atoms with van der Waals surface area (Å²) in [6.45, 7) is 4.73. The standard InChI is InChI=1S/C25H25FN6O/c1-4-32-24-14-9-21(25(27)28-11-14)33-13(2)18-10-15(26)5-6-17(18)23-19(12-31(3)30-23)16-7-8-20(29-32)22(16)24/h5-6,9-13,16H,4,7-8H2,1-3H3,(H2,27,28)/t13-,16-/m1/s1. The van der Waals surface area contributed by atoms with Crippen molar-refractivity contribution >= 4 is 5.82 Å². The summed E-state index contributed by atoms with van der Waals surface area (Å²) in [5.74, 6) is 0.593. The molecule has 2 atom stereocenters. The molecule has 1 aromatic carbocycles. The quantitative estimate of drug-likeness (QED) is 0.463. The van der Waals surface area contributed by atoms with Crippen molar-refractivity contribution in [3.8, 4) is 28.3 Å². The maximum Gasteiger partial charge on any atom is 0.166 e. The Morgan fingerprint density at radius 1 is 1.21 bits per heavy atom. The van der Waals surface area contributed by atoms with E-state index in [1.165, 1.54) is 17.7 Å². The topological polar surface area (TPSA) is 83.8 Å². The molecule has 8 heteroatoms. The van der Waals surface area contributed by atoms with Crippen molar-refractivity contribution in [3.05, 3.63) is 64.9 Å². The van der Waals surface area contributed by atoms with Gasteiger partial charge in [0.1, 0.15) is 11.9 Å². The van der Waals surface area contributed by atoms with E-state index >= 15 is 0 Å². The first kappa shape index (κ1) is 20.0. The molecule has 0 fully saturated rings. The smallest absolute Gasteiger partial charge is 0.166 e. The van der Waals surface area contributed by atoms with Crippen molar-refractivity contribution in [2.75, 3.05) is 5.73 Å². The third kappa shape index (κ3) is 2.97. The first-order valence-electron chi connectivity index (χ1n) is 11.3. The predicted octanol–water partition coefficient (Wildman–Crippen LogP) is 4.62. The van der Waals surface area contributed by atoms with Crippen molar-refractivity contribution in [2.45, 2.75) is 45.3 Å². The minimum Gasteiger partial charge on any atom is -0.482 e. The second-order valence-electron chi connectivity index (χ2n) is 8.82. The zero-order valence-corrected chi connectivity index (χ0v) is 18.8. The number of pyridine rings is 1. The number of nitrogen functional groups attached to an aromatic ring is 1. The molecule has 2 aliphatic rings. The van der Waals surface area contributed by atoms with Crippen LogP contribution in [0.1, 0.15) is 54.7 Å². The monoisotopic (exact) mass is 444 g/mol. The number of aryl methyl sites for hydroxylation is 3. The van der Waals surface area contributed by atoms with Gasteiger partial charge in [-0.3, -0.25) is 9.36 Å². The molecule has 0 amide bonds. The number of benzene rings is 1. The van der Waals surface area contributed by atoms with Crippen molar-refractivity contribution in [3.63, 3.8) is 0 Å². The number of hydrogen-bond acceptors (Lipinski definition) is 5. The molecule has 168 valence electrons. The van der Waals surface area contributed by atoms with Crippen LogP contribution in [-0.4, -0.2) is 24.5 Å². The number of ether oxygens (including phenoxy) is 1. The zero-order chi connectivity index (χ0) is 22.9. The lowest BCUT2D eigenvalue weighted by Gasteiger charge is -2.22. The summed E-state index contributed by atoms with van der Waals surface area (Å²) < 4.78 is 24.5. The third-order valence-corrected chi connectivity index (χ3v) is 6.78. The molecule has 2 N–H and O–H groups in total. The maximum absolute atomic E-state index is 14.4. The van der Waals surface area contributed by atoms with Crippen molar-refractivity contribution in [2.24, 2.45) is 7.05 Å². The molecule has 0 radical (unpaired) electrons. The minimum atomic E-state index is -0.459. The average molecular weight is 445 g/mol. The molecule has 33 heavy (non-hydrogen) atoms. The summed E-state index contributed by atoms with van der Waals surface area (Å²) in [6.07, 6.45) is 5.26. The summed E-state index contributed by atoms with van der Waals surface area (Å²) >= 11 is 0. The second-order valence-corrected chi connectivity index (χ2v) is 8.82. The van der Waals surface area contributed by atoms with Crippen LogP contribution in [0.15, 0.2) is 36.7 Å². The summed E-state index contributed by atoms with van der Waals surface area (Å²) in [5.41, 5.74) is 14.0. The van der Waals surface area contributed by atoms with Gasteiger partial charge in [-0.05, 0) is 51.0 Å². The Bertz CT molecular complexity index is 1400. The van der Waals surface area contributed by atoms with E-state index in [1.54, 1.807) is 12.3 Å². The van der Waals surface area contributed by atoms with E-state index in [4.69, 9.17) is 20.7 Å². The van der Waals surface area contributed by atoms with Crippen molar-refractivity contribution in [1.29, 1.82) is 0 Å². The Kier molecular flexibility index (Phi) is 4.33. The molecule has 0 saturated heterocycles. The Labute approximate surface area is 191 Å². The molecule has 2 bridgehead atoms. The molecule has 1 aliphatic carbocycles. The third-order valence-electron chi connectivity index (χ3n) is 6.78. The highest BCUT2D eigenvalue weighted by Gasteiger charge is 2.36. The van der Waals surface area contributed by atoms with Gasteiger partial charge in [-0.2, -0.15) is 10.2 Å². The Morgan fingerprint density at radius 3 is 2.88 bits per heavy atom. The average Bonchev–Trinajstić information content (AvgIpc) is 3.47. The van der Waals surface area contributed by atoms with E-state index in [2.05, 4.69) is 18.1 Å². The highest BCUT2D eigenvalue weighted by molar-refractivity contribution is 5.74. The summed E-state index contributed by atoms with van der Waals surface area (Å²) in [5, 5.41) is 9.75. The number of nitrogens with two attached hydrogens (primary N) is 1. The Hall–Kier alpha value is -3.68. The molecular formula is C25H25FN6O. The van der Waals surface area contributed by atoms with E-state index in [0.29, 0.717) is 11.6 Å². The molecule has 3 aromatic heterocycles. The zero-order valence-electron chi connectivity index (χ0n) is 18.8. The van der Waals surface area contributed by atoms with E-state index in [1.807, 2.05) is 29.4 Å². The number of halogens is 1. The molecule has 6 rings (SSSR count). The van der Waals surface area contributed by atoms with Gasteiger partial charge in [0, 0.05) is 59.7 Å². The molecule has 1 aliphatic heterocycles. The number of rotatable bonds is 1. The Morgan fingerprint density at radius 2 is 2.06 bits per heavy atom. The number of aromatic nitrogens is 5. The molecule has 7 nitrogen and oxygen atoms in total. The SMILES string of the molecule is CCn1nc2c3c1-c1cnc(N)c(c1)O[C@H](C)c1cc(F)ccc1-c1nn(C)cc1[C@H]3CC2. The van der Waals surface area contributed by atoms with Crippen LogP contribution in [0.3, 0.4) is 0 Å². The van der Waals surface area contributed by atoms with Crippen LogP contribution >= 0.6 is 0 Å². The van der Waals surface area contributed by atoms with Crippen LogP contribution < -0.4 is 10.5 Å². The van der Waals surface area contributed by atoms with Gasteiger partial charge < -0.3 is 10.5 Å². The van der Waals surface area contributed by atoms with Gasteiger partial charge in [0.05, 0.1) is 17.1 Å². The lowest BCUT2D eigenvalue weighted by atomic mass is 9.88. The van der Waals surface area contributed by atoms with Crippen LogP contribution in [-0.2, 0) is 20.0 Å². The van der Waals surface area contributed by atoms with Gasteiger partial charge in [-0.1, -0.05) is 0 Å². The first-order valence-corrected chi connectivity index (χ1v) is 11.3. The summed E-state index contributed by atoms with van der Waals surface area (Å²) in [7, 11) is 1.92. The molecule has 4 aromatic rings. The summed E-state index contributed by atoms with van der Waals surface area (Å²) in [6, 6.07) is 6.74. The van der Waals surface area contributed by atoms with Crippen molar-refractivity contribution in [1.82, 2.24) is 24.5 Å². The van der Waals surface area contributed by atoms with Crippen molar-refractivity contribution < 1.29 is 9.13 Å². The number of nitrogens with zero attached hydrogens (tertiary/aromatic N) is 5. The maximum atomic E-state index is 14.4.